The molecular formula is C16H29ClN2O2S. The van der Waals surface area contributed by atoms with Gasteiger partial charge in [0.2, 0.25) is 10.0 Å². The van der Waals surface area contributed by atoms with Gasteiger partial charge in [-0.25, -0.2) is 13.1 Å². The van der Waals surface area contributed by atoms with Crippen molar-refractivity contribution in [3.63, 3.8) is 0 Å². The van der Waals surface area contributed by atoms with Crippen LogP contribution in [-0.2, 0) is 15.4 Å². The number of hydrogen-bond donors (Lipinski definition) is 2. The van der Waals surface area contributed by atoms with E-state index in [2.05, 4.69) is 30.8 Å². The molecule has 0 aromatic heterocycles. The normalized spacial score (nSPS) is 13.6. The summed E-state index contributed by atoms with van der Waals surface area (Å²) in [7, 11) is -1.67. The van der Waals surface area contributed by atoms with Crippen LogP contribution in [0.4, 0.5) is 0 Å². The third-order valence-electron chi connectivity index (χ3n) is 3.67. The molecule has 0 heterocycles. The minimum absolute atomic E-state index is 0. The van der Waals surface area contributed by atoms with Gasteiger partial charge in [-0.3, -0.25) is 0 Å². The van der Waals surface area contributed by atoms with Crippen LogP contribution in [0.5, 0.6) is 0 Å². The molecule has 4 nitrogen and oxygen atoms in total. The van der Waals surface area contributed by atoms with Gasteiger partial charge in [0.05, 0.1) is 4.90 Å². The van der Waals surface area contributed by atoms with Crippen LogP contribution in [0, 0.1) is 13.8 Å². The summed E-state index contributed by atoms with van der Waals surface area (Å²) in [5, 5.41) is 3.02. The van der Waals surface area contributed by atoms with Gasteiger partial charge >= 0.3 is 0 Å². The number of benzene rings is 1. The number of halogens is 1. The van der Waals surface area contributed by atoms with Gasteiger partial charge in [-0.2, -0.15) is 0 Å². The topological polar surface area (TPSA) is 58.2 Å². The van der Waals surface area contributed by atoms with Crippen LogP contribution in [-0.4, -0.2) is 28.1 Å². The van der Waals surface area contributed by atoms with Gasteiger partial charge in [0, 0.05) is 12.6 Å². The van der Waals surface area contributed by atoms with E-state index in [-0.39, 0.29) is 23.9 Å². The Bertz CT molecular complexity index is 584. The second-order valence-corrected chi connectivity index (χ2v) is 8.43. The van der Waals surface area contributed by atoms with Crippen molar-refractivity contribution in [2.75, 3.05) is 13.6 Å². The highest BCUT2D eigenvalue weighted by atomic mass is 35.5. The summed E-state index contributed by atoms with van der Waals surface area (Å²) in [6, 6.07) is 4.04. The predicted molar refractivity (Wildman–Crippen MR) is 95.6 cm³/mol. The van der Waals surface area contributed by atoms with Gasteiger partial charge < -0.3 is 5.32 Å². The first-order valence-electron chi connectivity index (χ1n) is 7.27. The summed E-state index contributed by atoms with van der Waals surface area (Å²) in [4.78, 5) is 0.402. The monoisotopic (exact) mass is 348 g/mol. The fraction of sp³-hybridized carbons (Fsp3) is 0.625. The molecule has 2 N–H and O–H groups in total. The molecule has 6 heteroatoms. The van der Waals surface area contributed by atoms with Crippen LogP contribution in [0.3, 0.4) is 0 Å². The van der Waals surface area contributed by atoms with E-state index in [9.17, 15) is 8.42 Å². The van der Waals surface area contributed by atoms with E-state index in [0.29, 0.717) is 11.4 Å². The average molecular weight is 349 g/mol. The van der Waals surface area contributed by atoms with Crippen molar-refractivity contribution in [1.29, 1.82) is 0 Å². The Labute approximate surface area is 141 Å². The summed E-state index contributed by atoms with van der Waals surface area (Å²) < 4.78 is 27.7. The highest BCUT2D eigenvalue weighted by Crippen LogP contribution is 2.29. The van der Waals surface area contributed by atoms with E-state index in [1.165, 1.54) is 0 Å². The maximum Gasteiger partial charge on any atom is 0.241 e. The van der Waals surface area contributed by atoms with Gasteiger partial charge in [-0.05, 0) is 49.9 Å². The van der Waals surface area contributed by atoms with Crippen LogP contribution in [0.25, 0.3) is 0 Å². The molecule has 0 aliphatic heterocycles. The lowest BCUT2D eigenvalue weighted by Gasteiger charge is -2.22. The van der Waals surface area contributed by atoms with Gasteiger partial charge in [-0.1, -0.05) is 32.9 Å². The molecule has 0 saturated heterocycles. The molecule has 0 radical (unpaired) electrons. The molecule has 1 aromatic carbocycles. The third kappa shape index (κ3) is 5.23. The van der Waals surface area contributed by atoms with E-state index in [1.807, 2.05) is 40.0 Å². The molecule has 0 fully saturated rings. The minimum atomic E-state index is -3.48. The fourth-order valence-electron chi connectivity index (χ4n) is 2.22. The lowest BCUT2D eigenvalue weighted by atomic mass is 9.85. The Morgan fingerprint density at radius 2 is 1.59 bits per heavy atom. The maximum atomic E-state index is 12.5. The van der Waals surface area contributed by atoms with E-state index in [4.69, 9.17) is 0 Å². The molecule has 22 heavy (non-hydrogen) atoms. The molecule has 1 atom stereocenters. The summed E-state index contributed by atoms with van der Waals surface area (Å²) in [6.07, 6.45) is 0. The molecule has 0 aliphatic carbocycles. The zero-order valence-corrected chi connectivity index (χ0v) is 16.2. The zero-order valence-electron chi connectivity index (χ0n) is 14.6. The molecule has 0 bridgehead atoms. The standard InChI is InChI=1S/C16H28N2O2S.ClH/c1-11-8-14(16(4,5)6)9-12(2)15(11)21(19,20)18-10-13(3)17-7;/h8-9,13,17-18H,10H2,1-7H3;1H. The van der Waals surface area contributed by atoms with E-state index < -0.39 is 10.0 Å². The summed E-state index contributed by atoms with van der Waals surface area (Å²) in [6.45, 7) is 12.4. The van der Waals surface area contributed by atoms with Crippen LogP contribution in [0.2, 0.25) is 0 Å². The largest absolute Gasteiger partial charge is 0.316 e. The molecule has 0 spiro atoms. The number of likely N-dealkylation sites (N-methyl/N-ethyl adjacent to an activating group) is 1. The predicted octanol–water partition coefficient (Wildman–Crippen LogP) is 2.91. The highest BCUT2D eigenvalue weighted by Gasteiger charge is 2.23. The SMILES string of the molecule is CNC(C)CNS(=O)(=O)c1c(C)cc(C(C)(C)C)cc1C.Cl. The Kier molecular flexibility index (Phi) is 7.55. The number of hydrogen-bond acceptors (Lipinski definition) is 3. The van der Waals surface area contributed by atoms with Crippen molar-refractivity contribution in [3.8, 4) is 0 Å². The number of nitrogens with one attached hydrogen (secondary N) is 2. The molecular weight excluding hydrogens is 320 g/mol. The minimum Gasteiger partial charge on any atom is -0.316 e. The first kappa shape index (κ1) is 21.4. The lowest BCUT2D eigenvalue weighted by molar-refractivity contribution is 0.552. The molecule has 128 valence electrons. The summed E-state index contributed by atoms with van der Waals surface area (Å²) >= 11 is 0. The van der Waals surface area contributed by atoms with Crippen molar-refractivity contribution < 1.29 is 8.42 Å². The molecule has 0 aliphatic rings. The number of sulfonamides is 1. The summed E-state index contributed by atoms with van der Waals surface area (Å²) in [5.74, 6) is 0. The first-order valence-corrected chi connectivity index (χ1v) is 8.76. The van der Waals surface area contributed by atoms with Crippen molar-refractivity contribution in [2.24, 2.45) is 0 Å². The van der Waals surface area contributed by atoms with Crippen molar-refractivity contribution in [1.82, 2.24) is 10.0 Å². The maximum absolute atomic E-state index is 12.5. The quantitative estimate of drug-likeness (QED) is 0.860. The zero-order chi connectivity index (χ0) is 16.4. The van der Waals surface area contributed by atoms with Crippen LogP contribution < -0.4 is 10.0 Å². The van der Waals surface area contributed by atoms with Crippen molar-refractivity contribution in [2.45, 2.75) is 57.9 Å². The fourth-order valence-corrected chi connectivity index (χ4v) is 3.80. The van der Waals surface area contributed by atoms with E-state index >= 15 is 0 Å². The second-order valence-electron chi connectivity index (χ2n) is 6.73. The Morgan fingerprint density at radius 3 is 1.95 bits per heavy atom. The third-order valence-corrected chi connectivity index (χ3v) is 5.40. The average Bonchev–Trinajstić information content (AvgIpc) is 2.33. The van der Waals surface area contributed by atoms with Crippen LogP contribution >= 0.6 is 12.4 Å². The summed E-state index contributed by atoms with van der Waals surface area (Å²) in [5.41, 5.74) is 2.75. The second kappa shape index (κ2) is 7.77. The Balaban J connectivity index is 0.00000441. The van der Waals surface area contributed by atoms with E-state index in [1.54, 1.807) is 0 Å². The first-order chi connectivity index (χ1) is 9.49. The van der Waals surface area contributed by atoms with Crippen LogP contribution in [0.15, 0.2) is 17.0 Å². The number of rotatable bonds is 5. The molecule has 0 amide bonds. The number of aryl methyl sites for hydroxylation is 2. The molecule has 0 saturated carbocycles. The van der Waals surface area contributed by atoms with Gasteiger partial charge in [-0.15, -0.1) is 12.4 Å². The van der Waals surface area contributed by atoms with Crippen molar-refractivity contribution in [3.05, 3.63) is 28.8 Å². The van der Waals surface area contributed by atoms with Gasteiger partial charge in [0.1, 0.15) is 0 Å². The Morgan fingerprint density at radius 1 is 1.14 bits per heavy atom. The van der Waals surface area contributed by atoms with E-state index in [0.717, 1.165) is 16.7 Å². The van der Waals surface area contributed by atoms with Crippen molar-refractivity contribution >= 4 is 22.4 Å². The Hall–Kier alpha value is -0.620. The smallest absolute Gasteiger partial charge is 0.241 e. The lowest BCUT2D eigenvalue weighted by Crippen LogP contribution is -2.37. The molecule has 1 aromatic rings. The highest BCUT2D eigenvalue weighted by molar-refractivity contribution is 7.89. The van der Waals surface area contributed by atoms with Gasteiger partial charge in [0.15, 0.2) is 0 Å². The van der Waals surface area contributed by atoms with Crippen LogP contribution in [0.1, 0.15) is 44.4 Å². The molecule has 1 unspecified atom stereocenters. The molecule has 1 rings (SSSR count). The van der Waals surface area contributed by atoms with Gasteiger partial charge in [0.25, 0.3) is 0 Å².